The Hall–Kier alpha value is -0.410. The Morgan fingerprint density at radius 1 is 0.950 bits per heavy atom. The normalized spacial score (nSPS) is 17.1. The van der Waals surface area contributed by atoms with Gasteiger partial charge in [0, 0.05) is 19.5 Å². The average Bonchev–Trinajstić information content (AvgIpc) is 2.70. The van der Waals surface area contributed by atoms with Gasteiger partial charge in [-0.3, -0.25) is 9.69 Å². The largest absolute Gasteiger partial charge is 0.315 e. The van der Waals surface area contributed by atoms with Crippen molar-refractivity contribution in [3.8, 4) is 0 Å². The summed E-state index contributed by atoms with van der Waals surface area (Å²) in [5.41, 5.74) is 0. The van der Waals surface area contributed by atoms with Crippen molar-refractivity contribution in [3.05, 3.63) is 0 Å². The molecule has 0 saturated carbocycles. The van der Waals surface area contributed by atoms with Gasteiger partial charge in [0.1, 0.15) is 5.78 Å². The summed E-state index contributed by atoms with van der Waals surface area (Å²) < 4.78 is 0. The molecule has 1 aliphatic heterocycles. The monoisotopic (exact) mass is 282 g/mol. The SMILES string of the molecule is CCCCCCCCCCC(=O)CN1CCCNCC1. The summed E-state index contributed by atoms with van der Waals surface area (Å²) in [7, 11) is 0. The Morgan fingerprint density at radius 2 is 1.65 bits per heavy atom. The highest BCUT2D eigenvalue weighted by Crippen LogP contribution is 2.10. The first-order valence-electron chi connectivity index (χ1n) is 8.77. The van der Waals surface area contributed by atoms with Crippen LogP contribution in [0.25, 0.3) is 0 Å². The molecule has 0 aliphatic carbocycles. The smallest absolute Gasteiger partial charge is 0.146 e. The topological polar surface area (TPSA) is 32.3 Å². The highest BCUT2D eigenvalue weighted by Gasteiger charge is 2.12. The average molecular weight is 282 g/mol. The molecule has 0 bridgehead atoms. The third-order valence-corrected chi connectivity index (χ3v) is 4.14. The van der Waals surface area contributed by atoms with Gasteiger partial charge in [0.25, 0.3) is 0 Å². The number of hydrogen-bond donors (Lipinski definition) is 1. The maximum Gasteiger partial charge on any atom is 0.146 e. The molecule has 0 aromatic rings. The summed E-state index contributed by atoms with van der Waals surface area (Å²) in [5.74, 6) is 0.442. The molecular formula is C17H34N2O. The molecule has 0 aromatic carbocycles. The van der Waals surface area contributed by atoms with Gasteiger partial charge in [-0.1, -0.05) is 51.9 Å². The van der Waals surface area contributed by atoms with Gasteiger partial charge in [-0.25, -0.2) is 0 Å². The number of nitrogens with one attached hydrogen (secondary N) is 1. The van der Waals surface area contributed by atoms with Crippen LogP contribution in [0.5, 0.6) is 0 Å². The van der Waals surface area contributed by atoms with E-state index in [1.54, 1.807) is 0 Å². The van der Waals surface area contributed by atoms with E-state index in [2.05, 4.69) is 17.1 Å². The van der Waals surface area contributed by atoms with Crippen molar-refractivity contribution < 1.29 is 4.79 Å². The summed E-state index contributed by atoms with van der Waals surface area (Å²) in [5, 5.41) is 3.38. The molecule has 1 aliphatic rings. The van der Waals surface area contributed by atoms with Crippen LogP contribution in [0.3, 0.4) is 0 Å². The summed E-state index contributed by atoms with van der Waals surface area (Å²) >= 11 is 0. The van der Waals surface area contributed by atoms with Crippen LogP contribution in [0.1, 0.15) is 71.1 Å². The van der Waals surface area contributed by atoms with Crippen LogP contribution in [0.15, 0.2) is 0 Å². The number of carbonyl (C=O) groups excluding carboxylic acids is 1. The number of rotatable bonds is 11. The second kappa shape index (κ2) is 12.3. The zero-order chi connectivity index (χ0) is 14.5. The highest BCUT2D eigenvalue weighted by molar-refractivity contribution is 5.80. The maximum atomic E-state index is 11.9. The first-order chi connectivity index (χ1) is 9.83. The molecular weight excluding hydrogens is 248 g/mol. The Bertz CT molecular complexity index is 235. The van der Waals surface area contributed by atoms with E-state index in [4.69, 9.17) is 0 Å². The Labute approximate surface area is 125 Å². The lowest BCUT2D eigenvalue weighted by molar-refractivity contribution is -0.120. The van der Waals surface area contributed by atoms with Crippen LogP contribution >= 0.6 is 0 Å². The standard InChI is InChI=1S/C17H34N2O/c1-2-3-4-5-6-7-8-9-11-17(20)16-19-14-10-12-18-13-15-19/h18H,2-16H2,1H3. The quantitative estimate of drug-likeness (QED) is 0.590. The lowest BCUT2D eigenvalue weighted by Gasteiger charge is -2.18. The molecule has 0 unspecified atom stereocenters. The fourth-order valence-electron chi connectivity index (χ4n) is 2.84. The minimum Gasteiger partial charge on any atom is -0.315 e. The summed E-state index contributed by atoms with van der Waals surface area (Å²) in [6, 6.07) is 0. The lowest BCUT2D eigenvalue weighted by Crippen LogP contribution is -2.33. The van der Waals surface area contributed by atoms with Gasteiger partial charge >= 0.3 is 0 Å². The van der Waals surface area contributed by atoms with Gasteiger partial charge < -0.3 is 5.32 Å². The van der Waals surface area contributed by atoms with Crippen molar-refractivity contribution in [2.75, 3.05) is 32.7 Å². The van der Waals surface area contributed by atoms with Crippen LogP contribution in [0, 0.1) is 0 Å². The predicted molar refractivity (Wildman–Crippen MR) is 86.2 cm³/mol. The van der Waals surface area contributed by atoms with Crippen molar-refractivity contribution in [1.29, 1.82) is 0 Å². The number of carbonyl (C=O) groups is 1. The van der Waals surface area contributed by atoms with Crippen molar-refractivity contribution >= 4 is 5.78 Å². The van der Waals surface area contributed by atoms with Gasteiger partial charge in [-0.15, -0.1) is 0 Å². The van der Waals surface area contributed by atoms with E-state index in [0.717, 1.165) is 39.0 Å². The Morgan fingerprint density at radius 3 is 2.40 bits per heavy atom. The molecule has 3 nitrogen and oxygen atoms in total. The molecule has 1 saturated heterocycles. The summed E-state index contributed by atoms with van der Waals surface area (Å²) in [6.07, 6.45) is 12.4. The Balaban J connectivity index is 1.91. The van der Waals surface area contributed by atoms with E-state index in [1.807, 2.05) is 0 Å². The molecule has 1 rings (SSSR count). The maximum absolute atomic E-state index is 11.9. The van der Waals surface area contributed by atoms with Crippen LogP contribution in [-0.4, -0.2) is 43.4 Å². The van der Waals surface area contributed by atoms with E-state index in [9.17, 15) is 4.79 Å². The lowest BCUT2D eigenvalue weighted by atomic mass is 10.1. The second-order valence-corrected chi connectivity index (χ2v) is 6.14. The van der Waals surface area contributed by atoms with Gasteiger partial charge in [-0.2, -0.15) is 0 Å². The fraction of sp³-hybridized carbons (Fsp3) is 0.941. The minimum atomic E-state index is 0.442. The molecule has 118 valence electrons. The second-order valence-electron chi connectivity index (χ2n) is 6.14. The molecule has 0 radical (unpaired) electrons. The zero-order valence-electron chi connectivity index (χ0n) is 13.5. The summed E-state index contributed by atoms with van der Waals surface area (Å²) in [4.78, 5) is 14.2. The van der Waals surface area contributed by atoms with E-state index < -0.39 is 0 Å². The van der Waals surface area contributed by atoms with E-state index in [1.165, 1.54) is 51.4 Å². The van der Waals surface area contributed by atoms with Crippen LogP contribution in [0.4, 0.5) is 0 Å². The molecule has 1 fully saturated rings. The Kier molecular flexibility index (Phi) is 10.9. The minimum absolute atomic E-state index is 0.442. The summed E-state index contributed by atoms with van der Waals surface area (Å²) in [6.45, 7) is 7.18. The van der Waals surface area contributed by atoms with Crippen molar-refractivity contribution in [1.82, 2.24) is 10.2 Å². The number of nitrogens with zero attached hydrogens (tertiary/aromatic N) is 1. The van der Waals surface area contributed by atoms with Crippen LogP contribution < -0.4 is 5.32 Å². The number of ketones is 1. The number of unbranched alkanes of at least 4 members (excludes halogenated alkanes) is 7. The highest BCUT2D eigenvalue weighted by atomic mass is 16.1. The number of Topliss-reactive ketones (excluding diaryl/α,β-unsaturated/α-hetero) is 1. The third kappa shape index (κ3) is 9.49. The predicted octanol–water partition coefficient (Wildman–Crippen LogP) is 3.38. The van der Waals surface area contributed by atoms with Gasteiger partial charge in [0.15, 0.2) is 0 Å². The zero-order valence-corrected chi connectivity index (χ0v) is 13.5. The first-order valence-corrected chi connectivity index (χ1v) is 8.77. The molecule has 0 atom stereocenters. The van der Waals surface area contributed by atoms with Gasteiger partial charge in [-0.05, 0) is 25.9 Å². The van der Waals surface area contributed by atoms with Crippen molar-refractivity contribution in [2.45, 2.75) is 71.1 Å². The molecule has 1 N–H and O–H groups in total. The molecule has 0 spiro atoms. The van der Waals surface area contributed by atoms with Crippen molar-refractivity contribution in [3.63, 3.8) is 0 Å². The molecule has 3 heteroatoms. The van der Waals surface area contributed by atoms with E-state index >= 15 is 0 Å². The van der Waals surface area contributed by atoms with Gasteiger partial charge in [0.2, 0.25) is 0 Å². The fourth-order valence-corrected chi connectivity index (χ4v) is 2.84. The van der Waals surface area contributed by atoms with E-state index in [0.29, 0.717) is 12.3 Å². The number of hydrogen-bond acceptors (Lipinski definition) is 3. The third-order valence-electron chi connectivity index (χ3n) is 4.14. The first kappa shape index (κ1) is 17.6. The van der Waals surface area contributed by atoms with E-state index in [-0.39, 0.29) is 0 Å². The molecule has 0 amide bonds. The van der Waals surface area contributed by atoms with Crippen molar-refractivity contribution in [2.24, 2.45) is 0 Å². The van der Waals surface area contributed by atoms with Gasteiger partial charge in [0.05, 0.1) is 6.54 Å². The molecule has 20 heavy (non-hydrogen) atoms. The van der Waals surface area contributed by atoms with Crippen LogP contribution in [-0.2, 0) is 4.79 Å². The molecule has 1 heterocycles. The van der Waals surface area contributed by atoms with Crippen LogP contribution in [0.2, 0.25) is 0 Å². The molecule has 0 aromatic heterocycles.